The molecule has 1 fully saturated rings. The molecule has 1 atom stereocenters. The molecule has 0 saturated heterocycles. The summed E-state index contributed by atoms with van der Waals surface area (Å²) < 4.78 is 13.8. The molecule has 0 aliphatic heterocycles. The molecule has 1 aliphatic carbocycles. The van der Waals surface area contributed by atoms with Crippen molar-refractivity contribution < 1.29 is 9.31 Å². The number of nitrogens with zero attached hydrogens (tertiary/aromatic N) is 1. The van der Waals surface area contributed by atoms with E-state index in [0.717, 1.165) is 25.3 Å². The summed E-state index contributed by atoms with van der Waals surface area (Å²) in [5.74, 6) is -0.0786. The Kier molecular flexibility index (Phi) is 5.56. The van der Waals surface area contributed by atoms with Gasteiger partial charge in [-0.1, -0.05) is 26.2 Å². The van der Waals surface area contributed by atoms with E-state index < -0.39 is 10.7 Å². The normalized spacial score (nSPS) is 17.5. The largest absolute Gasteiger partial charge is 0.376 e. The van der Waals surface area contributed by atoms with Crippen molar-refractivity contribution in [2.45, 2.75) is 51.5 Å². The van der Waals surface area contributed by atoms with Gasteiger partial charge in [0.1, 0.15) is 11.5 Å². The minimum absolute atomic E-state index is 0.196. The van der Waals surface area contributed by atoms with Gasteiger partial charge >= 0.3 is 0 Å². The van der Waals surface area contributed by atoms with E-state index in [1.54, 1.807) is 0 Å². The highest BCUT2D eigenvalue weighted by molar-refractivity contribution is 9.10. The maximum atomic E-state index is 13.5. The highest BCUT2D eigenvalue weighted by Gasteiger charge is 2.25. The van der Waals surface area contributed by atoms with E-state index in [9.17, 15) is 14.5 Å². The van der Waals surface area contributed by atoms with Crippen molar-refractivity contribution in [3.8, 4) is 0 Å². The lowest BCUT2D eigenvalue weighted by Crippen LogP contribution is -2.30. The molecule has 1 aliphatic rings. The topological polar surface area (TPSA) is 55.2 Å². The Bertz CT molecular complexity index is 519. The molecule has 116 valence electrons. The second-order valence-corrected chi connectivity index (χ2v) is 6.45. The van der Waals surface area contributed by atoms with Gasteiger partial charge in [-0.2, -0.15) is 0 Å². The minimum Gasteiger partial charge on any atom is -0.376 e. The molecule has 4 nitrogen and oxygen atoms in total. The quantitative estimate of drug-likeness (QED) is 0.576. The van der Waals surface area contributed by atoms with Crippen molar-refractivity contribution >= 4 is 27.3 Å². The van der Waals surface area contributed by atoms with Gasteiger partial charge in [0, 0.05) is 6.04 Å². The number of halogens is 2. The van der Waals surface area contributed by atoms with Gasteiger partial charge in [-0.3, -0.25) is 10.1 Å². The van der Waals surface area contributed by atoms with Crippen LogP contribution in [-0.2, 0) is 0 Å². The fourth-order valence-electron chi connectivity index (χ4n) is 3.09. The lowest BCUT2D eigenvalue weighted by atomic mass is 9.83. The molecule has 1 unspecified atom stereocenters. The average molecular weight is 359 g/mol. The van der Waals surface area contributed by atoms with Gasteiger partial charge in [-0.25, -0.2) is 4.39 Å². The third-order valence-corrected chi connectivity index (χ3v) is 4.84. The van der Waals surface area contributed by atoms with Crippen LogP contribution in [0.4, 0.5) is 15.8 Å². The Labute approximate surface area is 132 Å². The van der Waals surface area contributed by atoms with E-state index in [-0.39, 0.29) is 16.2 Å². The van der Waals surface area contributed by atoms with Crippen LogP contribution in [0.15, 0.2) is 16.6 Å². The van der Waals surface area contributed by atoms with Crippen molar-refractivity contribution in [3.63, 3.8) is 0 Å². The fourth-order valence-corrected chi connectivity index (χ4v) is 3.44. The van der Waals surface area contributed by atoms with Crippen molar-refractivity contribution in [2.24, 2.45) is 5.92 Å². The van der Waals surface area contributed by atoms with Crippen LogP contribution in [-0.4, -0.2) is 11.0 Å². The number of nitro benzene ring substituents is 1. The van der Waals surface area contributed by atoms with Crippen LogP contribution >= 0.6 is 15.9 Å². The lowest BCUT2D eigenvalue weighted by Gasteiger charge is -2.31. The minimum atomic E-state index is -0.613. The summed E-state index contributed by atoms with van der Waals surface area (Å²) in [6, 6.07) is 2.64. The van der Waals surface area contributed by atoms with Gasteiger partial charge in [-0.05, 0) is 47.2 Å². The monoisotopic (exact) mass is 358 g/mol. The first-order valence-corrected chi connectivity index (χ1v) is 8.22. The van der Waals surface area contributed by atoms with Crippen molar-refractivity contribution in [1.29, 1.82) is 0 Å². The van der Waals surface area contributed by atoms with E-state index in [1.165, 1.54) is 25.3 Å². The van der Waals surface area contributed by atoms with Crippen LogP contribution < -0.4 is 5.32 Å². The van der Waals surface area contributed by atoms with E-state index in [1.807, 2.05) is 0 Å². The smallest absolute Gasteiger partial charge is 0.295 e. The van der Waals surface area contributed by atoms with Crippen LogP contribution in [0.25, 0.3) is 0 Å². The Balaban J connectivity index is 2.23. The standard InChI is InChI=1S/C15H20BrFN2O2/c1-2-13(10-6-4-3-5-7-10)18-14-8-11(16)12(17)9-15(14)19(20)21/h8-10,13,18H,2-7H2,1H3. The van der Waals surface area contributed by atoms with E-state index in [0.29, 0.717) is 11.6 Å². The van der Waals surface area contributed by atoms with E-state index in [2.05, 4.69) is 28.2 Å². The summed E-state index contributed by atoms with van der Waals surface area (Å²) in [5.41, 5.74) is 0.190. The number of benzene rings is 1. The van der Waals surface area contributed by atoms with Crippen LogP contribution in [0, 0.1) is 21.8 Å². The molecule has 0 heterocycles. The Morgan fingerprint density at radius 3 is 2.67 bits per heavy atom. The molecule has 0 radical (unpaired) electrons. The molecule has 21 heavy (non-hydrogen) atoms. The van der Waals surface area contributed by atoms with Crippen molar-refractivity contribution in [3.05, 3.63) is 32.5 Å². The summed E-state index contributed by atoms with van der Waals surface area (Å²) in [5, 5.41) is 14.4. The lowest BCUT2D eigenvalue weighted by molar-refractivity contribution is -0.384. The Morgan fingerprint density at radius 2 is 2.10 bits per heavy atom. The number of anilines is 1. The van der Waals surface area contributed by atoms with E-state index >= 15 is 0 Å². The molecule has 1 N–H and O–H groups in total. The summed E-state index contributed by atoms with van der Waals surface area (Å²) in [7, 11) is 0. The third-order valence-electron chi connectivity index (χ3n) is 4.23. The molecule has 2 rings (SSSR count). The SMILES string of the molecule is CCC(Nc1cc(Br)c(F)cc1[N+](=O)[O-])C1CCCCC1. The van der Waals surface area contributed by atoms with Crippen molar-refractivity contribution in [2.75, 3.05) is 5.32 Å². The summed E-state index contributed by atoms with van der Waals surface area (Å²) >= 11 is 3.10. The fraction of sp³-hybridized carbons (Fsp3) is 0.600. The van der Waals surface area contributed by atoms with Crippen LogP contribution in [0.2, 0.25) is 0 Å². The summed E-state index contributed by atoms with van der Waals surface area (Å²) in [4.78, 5) is 10.6. The predicted octanol–water partition coefficient (Wildman–Crippen LogP) is 5.27. The number of rotatable bonds is 5. The molecule has 0 spiro atoms. The molecular weight excluding hydrogens is 339 g/mol. The molecular formula is C15H20BrFN2O2. The summed E-state index contributed by atoms with van der Waals surface area (Å²) in [6.45, 7) is 2.08. The van der Waals surface area contributed by atoms with Gasteiger partial charge in [0.2, 0.25) is 0 Å². The molecule has 0 aromatic heterocycles. The molecule has 1 aromatic rings. The highest BCUT2D eigenvalue weighted by Crippen LogP contribution is 2.34. The first kappa shape index (κ1) is 16.2. The number of nitro groups is 1. The van der Waals surface area contributed by atoms with Crippen LogP contribution in [0.5, 0.6) is 0 Å². The molecule has 6 heteroatoms. The van der Waals surface area contributed by atoms with Gasteiger partial charge < -0.3 is 5.32 Å². The van der Waals surface area contributed by atoms with E-state index in [4.69, 9.17) is 0 Å². The molecule has 1 aromatic carbocycles. The number of nitrogens with one attached hydrogen (secondary N) is 1. The highest BCUT2D eigenvalue weighted by atomic mass is 79.9. The van der Waals surface area contributed by atoms with Crippen LogP contribution in [0.3, 0.4) is 0 Å². The van der Waals surface area contributed by atoms with Gasteiger partial charge in [-0.15, -0.1) is 0 Å². The zero-order valence-electron chi connectivity index (χ0n) is 12.1. The maximum Gasteiger partial charge on any atom is 0.295 e. The molecule has 1 saturated carbocycles. The zero-order chi connectivity index (χ0) is 15.4. The first-order valence-electron chi connectivity index (χ1n) is 7.43. The zero-order valence-corrected chi connectivity index (χ0v) is 13.7. The summed E-state index contributed by atoms with van der Waals surface area (Å²) in [6.07, 6.45) is 6.92. The second kappa shape index (κ2) is 7.20. The molecule has 0 bridgehead atoms. The average Bonchev–Trinajstić information content (AvgIpc) is 2.48. The first-order chi connectivity index (χ1) is 10.0. The second-order valence-electron chi connectivity index (χ2n) is 5.60. The molecule has 0 amide bonds. The van der Waals surface area contributed by atoms with Crippen molar-refractivity contribution in [1.82, 2.24) is 0 Å². The Hall–Kier alpha value is -1.17. The number of hydrogen-bond donors (Lipinski definition) is 1. The van der Waals surface area contributed by atoms with Crippen LogP contribution in [0.1, 0.15) is 45.4 Å². The Morgan fingerprint density at radius 1 is 1.43 bits per heavy atom. The number of hydrogen-bond acceptors (Lipinski definition) is 3. The van der Waals surface area contributed by atoms with Gasteiger partial charge in [0.15, 0.2) is 0 Å². The predicted molar refractivity (Wildman–Crippen MR) is 85.0 cm³/mol. The van der Waals surface area contributed by atoms with Gasteiger partial charge in [0.25, 0.3) is 5.69 Å². The third kappa shape index (κ3) is 3.93. The van der Waals surface area contributed by atoms with Gasteiger partial charge in [0.05, 0.1) is 15.5 Å². The maximum absolute atomic E-state index is 13.5.